The van der Waals surface area contributed by atoms with Crippen molar-refractivity contribution in [3.05, 3.63) is 29.3 Å². The van der Waals surface area contributed by atoms with Gasteiger partial charge in [0.25, 0.3) is 0 Å². The molecule has 1 atom stereocenters. The van der Waals surface area contributed by atoms with Gasteiger partial charge in [0.15, 0.2) is 11.6 Å². The van der Waals surface area contributed by atoms with Crippen LogP contribution in [-0.4, -0.2) is 43.8 Å². The van der Waals surface area contributed by atoms with E-state index in [2.05, 4.69) is 24.1 Å². The molecule has 0 aromatic heterocycles. The molecule has 0 radical (unpaired) electrons. The Bertz CT molecular complexity index is 528. The number of nitrogens with one attached hydrogen (secondary N) is 1. The molecular formula is C16H21F2N3O. The molecule has 6 heteroatoms. The number of hydrogen-bond acceptors (Lipinski definition) is 4. The Morgan fingerprint density at radius 1 is 1.27 bits per heavy atom. The third kappa shape index (κ3) is 3.93. The highest BCUT2D eigenvalue weighted by Crippen LogP contribution is 2.22. The summed E-state index contributed by atoms with van der Waals surface area (Å²) in [6, 6.07) is 4.00. The molecule has 1 saturated heterocycles. The Kier molecular flexibility index (Phi) is 5.69. The van der Waals surface area contributed by atoms with Crippen LogP contribution in [0.15, 0.2) is 12.1 Å². The number of nitriles is 1. The summed E-state index contributed by atoms with van der Waals surface area (Å²) in [5.74, 6) is -1.13. The zero-order valence-electron chi connectivity index (χ0n) is 12.9. The zero-order chi connectivity index (χ0) is 16.1. The van der Waals surface area contributed by atoms with Crippen molar-refractivity contribution in [2.75, 3.05) is 38.2 Å². The molecule has 0 saturated carbocycles. The van der Waals surface area contributed by atoms with Crippen molar-refractivity contribution in [1.29, 1.82) is 5.26 Å². The van der Waals surface area contributed by atoms with Gasteiger partial charge in [0.05, 0.1) is 24.8 Å². The number of hydrogen-bond donors (Lipinski definition) is 1. The van der Waals surface area contributed by atoms with Gasteiger partial charge < -0.3 is 10.1 Å². The minimum Gasteiger partial charge on any atom is -0.379 e. The van der Waals surface area contributed by atoms with Crippen LogP contribution in [0.4, 0.5) is 14.5 Å². The predicted molar refractivity (Wildman–Crippen MR) is 80.6 cm³/mol. The van der Waals surface area contributed by atoms with Crippen molar-refractivity contribution in [1.82, 2.24) is 4.90 Å². The van der Waals surface area contributed by atoms with Gasteiger partial charge in [-0.3, -0.25) is 4.90 Å². The molecule has 1 aliphatic rings. The summed E-state index contributed by atoms with van der Waals surface area (Å²) in [6.07, 6.45) is 0. The maximum atomic E-state index is 13.9. The highest BCUT2D eigenvalue weighted by atomic mass is 19.1. The first-order valence-electron chi connectivity index (χ1n) is 7.47. The van der Waals surface area contributed by atoms with E-state index in [-0.39, 0.29) is 17.3 Å². The quantitative estimate of drug-likeness (QED) is 0.908. The topological polar surface area (TPSA) is 48.3 Å². The van der Waals surface area contributed by atoms with E-state index in [9.17, 15) is 8.78 Å². The molecule has 120 valence electrons. The summed E-state index contributed by atoms with van der Waals surface area (Å²) in [4.78, 5) is 2.28. The van der Waals surface area contributed by atoms with E-state index < -0.39 is 11.6 Å². The van der Waals surface area contributed by atoms with Gasteiger partial charge in [0.1, 0.15) is 5.69 Å². The molecule has 1 N–H and O–H groups in total. The first-order chi connectivity index (χ1) is 10.5. The fourth-order valence-corrected chi connectivity index (χ4v) is 2.71. The number of benzene rings is 1. The van der Waals surface area contributed by atoms with Crippen molar-refractivity contribution in [3.63, 3.8) is 0 Å². The molecule has 0 aliphatic carbocycles. The van der Waals surface area contributed by atoms with Gasteiger partial charge in [0.2, 0.25) is 0 Å². The fraction of sp³-hybridized carbons (Fsp3) is 0.562. The number of nitrogens with zero attached hydrogens (tertiary/aromatic N) is 2. The molecule has 1 aromatic carbocycles. The van der Waals surface area contributed by atoms with Crippen molar-refractivity contribution >= 4 is 5.69 Å². The summed E-state index contributed by atoms with van der Waals surface area (Å²) in [6.45, 7) is 7.63. The van der Waals surface area contributed by atoms with Gasteiger partial charge in [-0.05, 0) is 18.1 Å². The van der Waals surface area contributed by atoms with E-state index in [1.54, 1.807) is 6.07 Å². The third-order valence-electron chi connectivity index (χ3n) is 3.94. The zero-order valence-corrected chi connectivity index (χ0v) is 12.9. The summed E-state index contributed by atoms with van der Waals surface area (Å²) in [5.41, 5.74) is -0.188. The van der Waals surface area contributed by atoms with E-state index >= 15 is 0 Å². The smallest absolute Gasteiger partial charge is 0.150 e. The highest BCUT2D eigenvalue weighted by Gasteiger charge is 2.24. The molecule has 4 nitrogen and oxygen atoms in total. The lowest BCUT2D eigenvalue weighted by atomic mass is 10.0. The highest BCUT2D eigenvalue weighted by molar-refractivity contribution is 5.50. The van der Waals surface area contributed by atoms with E-state index in [1.807, 2.05) is 0 Å². The largest absolute Gasteiger partial charge is 0.379 e. The maximum Gasteiger partial charge on any atom is 0.150 e. The third-order valence-corrected chi connectivity index (χ3v) is 3.94. The van der Waals surface area contributed by atoms with Crippen molar-refractivity contribution < 1.29 is 13.5 Å². The van der Waals surface area contributed by atoms with Gasteiger partial charge in [0, 0.05) is 25.7 Å². The molecule has 22 heavy (non-hydrogen) atoms. The lowest BCUT2D eigenvalue weighted by Crippen LogP contribution is -2.49. The Hall–Kier alpha value is -1.71. The molecule has 1 heterocycles. The van der Waals surface area contributed by atoms with E-state index in [4.69, 9.17) is 10.00 Å². The Morgan fingerprint density at radius 3 is 2.36 bits per heavy atom. The second-order valence-electron chi connectivity index (χ2n) is 5.77. The Labute approximate surface area is 129 Å². The van der Waals surface area contributed by atoms with Crippen LogP contribution in [-0.2, 0) is 4.74 Å². The van der Waals surface area contributed by atoms with E-state index in [0.29, 0.717) is 25.7 Å². The van der Waals surface area contributed by atoms with Crippen LogP contribution in [0.25, 0.3) is 0 Å². The first kappa shape index (κ1) is 16.7. The van der Waals surface area contributed by atoms with Crippen LogP contribution in [0.2, 0.25) is 0 Å². The molecule has 2 rings (SSSR count). The van der Waals surface area contributed by atoms with Gasteiger partial charge in [-0.2, -0.15) is 5.26 Å². The summed E-state index contributed by atoms with van der Waals surface area (Å²) >= 11 is 0. The monoisotopic (exact) mass is 309 g/mol. The van der Waals surface area contributed by atoms with Crippen LogP contribution < -0.4 is 5.32 Å². The van der Waals surface area contributed by atoms with Crippen molar-refractivity contribution in [3.8, 4) is 6.07 Å². The molecular weight excluding hydrogens is 288 g/mol. The number of halogens is 2. The van der Waals surface area contributed by atoms with Crippen LogP contribution in [0, 0.1) is 28.9 Å². The first-order valence-corrected chi connectivity index (χ1v) is 7.47. The molecule has 1 unspecified atom stereocenters. The van der Waals surface area contributed by atoms with Gasteiger partial charge >= 0.3 is 0 Å². The molecule has 1 fully saturated rings. The number of ether oxygens (including phenoxy) is 1. The fourth-order valence-electron chi connectivity index (χ4n) is 2.71. The molecule has 1 aromatic rings. The summed E-state index contributed by atoms with van der Waals surface area (Å²) in [5, 5.41) is 11.6. The lowest BCUT2D eigenvalue weighted by Gasteiger charge is -2.37. The molecule has 1 aliphatic heterocycles. The Morgan fingerprint density at radius 2 is 1.86 bits per heavy atom. The summed E-state index contributed by atoms with van der Waals surface area (Å²) in [7, 11) is 0. The van der Waals surface area contributed by atoms with Crippen LogP contribution in [0.5, 0.6) is 0 Å². The van der Waals surface area contributed by atoms with Crippen molar-refractivity contribution in [2.45, 2.75) is 19.9 Å². The standard InChI is InChI=1S/C16H21F2N3O/c1-11(2)15(21-3-5-22-6-4-21)10-20-16-13(17)7-12(9-19)8-14(16)18/h7-8,11,15,20H,3-6,10H2,1-2H3. The van der Waals surface area contributed by atoms with Crippen molar-refractivity contribution in [2.24, 2.45) is 5.92 Å². The van der Waals surface area contributed by atoms with Crippen LogP contribution in [0.1, 0.15) is 19.4 Å². The number of anilines is 1. The minimum atomic E-state index is -0.735. The average molecular weight is 309 g/mol. The average Bonchev–Trinajstić information content (AvgIpc) is 2.50. The molecule has 0 amide bonds. The minimum absolute atomic E-state index is 0.0193. The van der Waals surface area contributed by atoms with Crippen LogP contribution in [0.3, 0.4) is 0 Å². The Balaban J connectivity index is 2.08. The summed E-state index contributed by atoms with van der Waals surface area (Å²) < 4.78 is 33.2. The van der Waals surface area contributed by atoms with E-state index in [1.165, 1.54) is 0 Å². The van der Waals surface area contributed by atoms with Crippen LogP contribution >= 0.6 is 0 Å². The molecule has 0 spiro atoms. The normalized spacial score (nSPS) is 17.3. The lowest BCUT2D eigenvalue weighted by molar-refractivity contribution is 0.00952. The second kappa shape index (κ2) is 7.52. The number of morpholine rings is 1. The number of rotatable bonds is 5. The second-order valence-corrected chi connectivity index (χ2v) is 5.77. The predicted octanol–water partition coefficient (Wildman–Crippen LogP) is 2.61. The van der Waals surface area contributed by atoms with Gasteiger partial charge in [-0.1, -0.05) is 13.8 Å². The van der Waals surface area contributed by atoms with Gasteiger partial charge in [-0.25, -0.2) is 8.78 Å². The SMILES string of the molecule is CC(C)C(CNc1c(F)cc(C#N)cc1F)N1CCOCC1. The van der Waals surface area contributed by atoms with E-state index in [0.717, 1.165) is 25.2 Å². The van der Waals surface area contributed by atoms with Gasteiger partial charge in [-0.15, -0.1) is 0 Å². The molecule has 0 bridgehead atoms. The maximum absolute atomic E-state index is 13.9.